The summed E-state index contributed by atoms with van der Waals surface area (Å²) in [7, 11) is 0. The van der Waals surface area contributed by atoms with Crippen LogP contribution in [0.5, 0.6) is 0 Å². The Balaban J connectivity index is 1.75. The Kier molecular flexibility index (Phi) is 4.59. The number of halogens is 1. The van der Waals surface area contributed by atoms with Gasteiger partial charge in [-0.15, -0.1) is 0 Å². The summed E-state index contributed by atoms with van der Waals surface area (Å²) in [4.78, 5) is 2.49. The first-order valence-electron chi connectivity index (χ1n) is 7.52. The van der Waals surface area contributed by atoms with E-state index in [1.54, 1.807) is 0 Å². The highest BCUT2D eigenvalue weighted by atomic mass is 35.5. The van der Waals surface area contributed by atoms with Crippen LogP contribution in [-0.2, 0) is 0 Å². The van der Waals surface area contributed by atoms with Crippen molar-refractivity contribution in [1.82, 2.24) is 4.90 Å². The predicted octanol–water partition coefficient (Wildman–Crippen LogP) is 3.83. The van der Waals surface area contributed by atoms with Crippen molar-refractivity contribution >= 4 is 11.6 Å². The molecule has 1 heterocycles. The Morgan fingerprint density at radius 3 is 2.67 bits per heavy atom. The van der Waals surface area contributed by atoms with Gasteiger partial charge in [-0.2, -0.15) is 0 Å². The van der Waals surface area contributed by atoms with Crippen LogP contribution >= 0.6 is 11.6 Å². The van der Waals surface area contributed by atoms with E-state index in [9.17, 15) is 0 Å². The summed E-state index contributed by atoms with van der Waals surface area (Å²) in [5.41, 5.74) is 8.69. The van der Waals surface area contributed by atoms with Gasteiger partial charge in [0.2, 0.25) is 0 Å². The molecule has 3 rings (SSSR count). The van der Waals surface area contributed by atoms with Gasteiger partial charge >= 0.3 is 0 Å². The lowest BCUT2D eigenvalue weighted by atomic mass is 9.98. The molecular formula is C18H21ClN2. The van der Waals surface area contributed by atoms with Crippen molar-refractivity contribution < 1.29 is 0 Å². The Morgan fingerprint density at radius 1 is 1.14 bits per heavy atom. The number of nitrogens with zero attached hydrogens (tertiary/aromatic N) is 1. The van der Waals surface area contributed by atoms with Crippen molar-refractivity contribution in [1.29, 1.82) is 0 Å². The minimum absolute atomic E-state index is 0.261. The second kappa shape index (κ2) is 6.61. The van der Waals surface area contributed by atoms with Crippen molar-refractivity contribution in [2.24, 2.45) is 5.73 Å². The highest BCUT2D eigenvalue weighted by Gasteiger charge is 2.29. The summed E-state index contributed by atoms with van der Waals surface area (Å²) in [6.07, 6.45) is 1.20. The zero-order valence-corrected chi connectivity index (χ0v) is 12.8. The minimum atomic E-state index is 0.261. The molecule has 1 aliphatic rings. The van der Waals surface area contributed by atoms with Crippen LogP contribution in [0.15, 0.2) is 54.6 Å². The molecular weight excluding hydrogens is 280 g/mol. The smallest absolute Gasteiger partial charge is 0.0471 e. The molecule has 2 nitrogen and oxygen atoms in total. The molecule has 0 saturated carbocycles. The molecule has 0 radical (unpaired) electrons. The van der Waals surface area contributed by atoms with E-state index in [1.165, 1.54) is 17.5 Å². The maximum Gasteiger partial charge on any atom is 0.0471 e. The second-order valence-corrected chi connectivity index (χ2v) is 6.13. The maximum atomic E-state index is 6.12. The Hall–Kier alpha value is -1.35. The van der Waals surface area contributed by atoms with Gasteiger partial charge in [0.1, 0.15) is 0 Å². The largest absolute Gasteiger partial charge is 0.329 e. The van der Waals surface area contributed by atoms with Crippen LogP contribution < -0.4 is 5.73 Å². The summed E-state index contributed by atoms with van der Waals surface area (Å²) in [6, 6.07) is 19.1. The van der Waals surface area contributed by atoms with E-state index in [0.717, 1.165) is 18.1 Å². The van der Waals surface area contributed by atoms with E-state index >= 15 is 0 Å². The summed E-state index contributed by atoms with van der Waals surface area (Å²) >= 11 is 6.12. The molecule has 2 aromatic rings. The number of hydrogen-bond donors (Lipinski definition) is 1. The van der Waals surface area contributed by atoms with Crippen LogP contribution in [0.2, 0.25) is 5.02 Å². The van der Waals surface area contributed by atoms with E-state index in [1.807, 2.05) is 18.2 Å². The minimum Gasteiger partial charge on any atom is -0.329 e. The molecule has 1 fully saturated rings. The van der Waals surface area contributed by atoms with Gasteiger partial charge in [-0.25, -0.2) is 0 Å². The van der Waals surface area contributed by atoms with E-state index in [2.05, 4.69) is 41.3 Å². The number of likely N-dealkylation sites (tertiary alicyclic amines) is 1. The Morgan fingerprint density at radius 2 is 1.95 bits per heavy atom. The molecule has 2 unspecified atom stereocenters. The number of nitrogens with two attached hydrogens (primary N) is 1. The second-order valence-electron chi connectivity index (χ2n) is 5.70. The van der Waals surface area contributed by atoms with Gasteiger partial charge in [-0.1, -0.05) is 54.1 Å². The zero-order valence-electron chi connectivity index (χ0n) is 12.1. The number of hydrogen-bond acceptors (Lipinski definition) is 2. The molecule has 1 aliphatic heterocycles. The Labute approximate surface area is 131 Å². The zero-order chi connectivity index (χ0) is 14.7. The fraction of sp³-hybridized carbons (Fsp3) is 0.333. The highest BCUT2D eigenvalue weighted by molar-refractivity contribution is 6.30. The maximum absolute atomic E-state index is 6.12. The van der Waals surface area contributed by atoms with E-state index in [-0.39, 0.29) is 6.04 Å². The molecule has 2 atom stereocenters. The molecule has 0 aliphatic carbocycles. The normalized spacial score (nSPS) is 20.6. The lowest BCUT2D eigenvalue weighted by Gasteiger charge is -2.27. The van der Waals surface area contributed by atoms with E-state index in [0.29, 0.717) is 12.5 Å². The molecule has 0 spiro atoms. The fourth-order valence-electron chi connectivity index (χ4n) is 3.28. The van der Waals surface area contributed by atoms with Crippen LogP contribution in [0, 0.1) is 0 Å². The SMILES string of the molecule is NCC(c1cccc(Cl)c1)N1CCC(c2ccccc2)C1. The van der Waals surface area contributed by atoms with Crippen LogP contribution in [0.25, 0.3) is 0 Å². The first-order valence-corrected chi connectivity index (χ1v) is 7.90. The van der Waals surface area contributed by atoms with Gasteiger partial charge < -0.3 is 5.73 Å². The molecule has 0 aromatic heterocycles. The van der Waals surface area contributed by atoms with Crippen molar-refractivity contribution in [3.8, 4) is 0 Å². The van der Waals surface area contributed by atoms with Crippen molar-refractivity contribution in [3.63, 3.8) is 0 Å². The van der Waals surface area contributed by atoms with E-state index < -0.39 is 0 Å². The summed E-state index contributed by atoms with van der Waals surface area (Å²) < 4.78 is 0. The molecule has 0 bridgehead atoms. The van der Waals surface area contributed by atoms with Gasteiger partial charge in [-0.3, -0.25) is 4.90 Å². The summed E-state index contributed by atoms with van der Waals surface area (Å²) in [5.74, 6) is 0.611. The molecule has 3 heteroatoms. The lowest BCUT2D eigenvalue weighted by molar-refractivity contribution is 0.248. The average Bonchev–Trinajstić information content (AvgIpc) is 2.99. The molecule has 2 N–H and O–H groups in total. The quantitative estimate of drug-likeness (QED) is 0.930. The van der Waals surface area contributed by atoms with Gasteiger partial charge in [-0.05, 0) is 42.1 Å². The van der Waals surface area contributed by atoms with Crippen LogP contribution in [0.1, 0.15) is 29.5 Å². The monoisotopic (exact) mass is 300 g/mol. The fourth-order valence-corrected chi connectivity index (χ4v) is 3.48. The third-order valence-electron chi connectivity index (χ3n) is 4.39. The third kappa shape index (κ3) is 3.29. The molecule has 2 aromatic carbocycles. The van der Waals surface area contributed by atoms with Crippen molar-refractivity contribution in [3.05, 3.63) is 70.7 Å². The first-order chi connectivity index (χ1) is 10.3. The van der Waals surface area contributed by atoms with Crippen LogP contribution in [-0.4, -0.2) is 24.5 Å². The molecule has 21 heavy (non-hydrogen) atoms. The Bertz CT molecular complexity index is 585. The number of benzene rings is 2. The van der Waals surface area contributed by atoms with E-state index in [4.69, 9.17) is 17.3 Å². The lowest BCUT2D eigenvalue weighted by Crippen LogP contribution is -2.31. The molecule has 1 saturated heterocycles. The average molecular weight is 301 g/mol. The standard InChI is InChI=1S/C18H21ClN2/c19-17-8-4-7-15(11-17)18(12-20)21-10-9-16(13-21)14-5-2-1-3-6-14/h1-8,11,16,18H,9-10,12-13,20H2. The predicted molar refractivity (Wildman–Crippen MR) is 88.6 cm³/mol. The van der Waals surface area contributed by atoms with Gasteiger partial charge in [0.15, 0.2) is 0 Å². The number of rotatable bonds is 4. The summed E-state index contributed by atoms with van der Waals surface area (Å²) in [6.45, 7) is 2.79. The van der Waals surface area contributed by atoms with Crippen LogP contribution in [0.4, 0.5) is 0 Å². The molecule has 110 valence electrons. The first kappa shape index (κ1) is 14.6. The van der Waals surface area contributed by atoms with Crippen LogP contribution in [0.3, 0.4) is 0 Å². The van der Waals surface area contributed by atoms with Crippen molar-refractivity contribution in [2.75, 3.05) is 19.6 Å². The van der Waals surface area contributed by atoms with Gasteiger partial charge in [0.05, 0.1) is 0 Å². The van der Waals surface area contributed by atoms with Gasteiger partial charge in [0, 0.05) is 24.2 Å². The highest BCUT2D eigenvalue weighted by Crippen LogP contribution is 2.33. The van der Waals surface area contributed by atoms with Crippen molar-refractivity contribution in [2.45, 2.75) is 18.4 Å². The third-order valence-corrected chi connectivity index (χ3v) is 4.62. The molecule has 0 amide bonds. The van der Waals surface area contributed by atoms with Gasteiger partial charge in [0.25, 0.3) is 0 Å². The topological polar surface area (TPSA) is 29.3 Å². The summed E-state index contributed by atoms with van der Waals surface area (Å²) in [5, 5.41) is 0.782.